The van der Waals surface area contributed by atoms with Crippen LogP contribution < -0.4 is 4.74 Å². The molecule has 0 N–H and O–H groups in total. The number of methoxy groups -OCH3 is 1. The van der Waals surface area contributed by atoms with Crippen LogP contribution in [0.5, 0.6) is 5.75 Å². The van der Waals surface area contributed by atoms with E-state index in [0.29, 0.717) is 12.4 Å². The third-order valence-electron chi connectivity index (χ3n) is 1.56. The van der Waals surface area contributed by atoms with Crippen molar-refractivity contribution in [3.63, 3.8) is 0 Å². The van der Waals surface area contributed by atoms with Crippen molar-refractivity contribution < 1.29 is 14.3 Å². The topological polar surface area (TPSA) is 48.4 Å². The van der Waals surface area contributed by atoms with Gasteiger partial charge < -0.3 is 9.47 Å². The van der Waals surface area contributed by atoms with E-state index < -0.39 is 5.97 Å². The minimum absolute atomic E-state index is 0.216. The second-order valence-corrected chi connectivity index (χ2v) is 2.80. The van der Waals surface area contributed by atoms with Crippen LogP contribution in [0.4, 0.5) is 0 Å². The molecule has 0 radical (unpaired) electrons. The van der Waals surface area contributed by atoms with E-state index in [0.717, 1.165) is 0 Å². The molecule has 0 aromatic carbocycles. The number of pyridine rings is 1. The summed E-state index contributed by atoms with van der Waals surface area (Å²) in [6.07, 6.45) is 2.79. The van der Waals surface area contributed by atoms with Gasteiger partial charge in [-0.15, -0.1) is 0 Å². The molecule has 0 saturated carbocycles. The van der Waals surface area contributed by atoms with Gasteiger partial charge in [0, 0.05) is 6.20 Å². The lowest BCUT2D eigenvalue weighted by Crippen LogP contribution is -2.06. The molecule has 0 aliphatic carbocycles. The molecule has 76 valence electrons. The Morgan fingerprint density at radius 3 is 2.86 bits per heavy atom. The number of carbonyl (C=O) groups excluding carboxylic acids is 1. The zero-order valence-corrected chi connectivity index (χ0v) is 8.67. The van der Waals surface area contributed by atoms with Crippen LogP contribution in [0.15, 0.2) is 12.4 Å². The first-order chi connectivity index (χ1) is 6.70. The van der Waals surface area contributed by atoms with Crippen LogP contribution in [-0.2, 0) is 4.74 Å². The van der Waals surface area contributed by atoms with Crippen molar-refractivity contribution in [2.45, 2.75) is 6.92 Å². The minimum atomic E-state index is -0.496. The fourth-order valence-corrected chi connectivity index (χ4v) is 1.17. The molecular weight excluding hydrogens is 206 g/mol. The highest BCUT2D eigenvalue weighted by Gasteiger charge is 2.15. The first-order valence-electron chi connectivity index (χ1n) is 4.05. The maximum atomic E-state index is 11.3. The summed E-state index contributed by atoms with van der Waals surface area (Å²) in [7, 11) is 1.46. The van der Waals surface area contributed by atoms with Gasteiger partial charge in [0.25, 0.3) is 0 Å². The SMILES string of the molecule is CCOC(=O)c1cncc(OC)c1Cl. The smallest absolute Gasteiger partial charge is 0.341 e. The maximum Gasteiger partial charge on any atom is 0.341 e. The Balaban J connectivity index is 3.03. The van der Waals surface area contributed by atoms with Crippen LogP contribution >= 0.6 is 11.6 Å². The molecule has 1 aromatic heterocycles. The van der Waals surface area contributed by atoms with E-state index in [1.807, 2.05) is 0 Å². The molecule has 0 amide bonds. The molecule has 5 heteroatoms. The number of ether oxygens (including phenoxy) is 2. The number of esters is 1. The number of hydrogen-bond donors (Lipinski definition) is 0. The molecule has 0 aliphatic rings. The van der Waals surface area contributed by atoms with Gasteiger partial charge in [0.1, 0.15) is 10.6 Å². The van der Waals surface area contributed by atoms with Gasteiger partial charge in [0.15, 0.2) is 5.75 Å². The Morgan fingerprint density at radius 1 is 1.57 bits per heavy atom. The molecule has 0 fully saturated rings. The van der Waals surface area contributed by atoms with Crippen molar-refractivity contribution in [3.8, 4) is 5.75 Å². The van der Waals surface area contributed by atoms with Gasteiger partial charge in [-0.25, -0.2) is 4.79 Å². The molecule has 0 saturated heterocycles. The predicted molar refractivity (Wildman–Crippen MR) is 51.8 cm³/mol. The number of hydrogen-bond acceptors (Lipinski definition) is 4. The van der Waals surface area contributed by atoms with E-state index in [1.165, 1.54) is 19.5 Å². The van der Waals surface area contributed by atoms with Crippen LogP contribution in [0.25, 0.3) is 0 Å². The van der Waals surface area contributed by atoms with Crippen LogP contribution in [-0.4, -0.2) is 24.7 Å². The molecular formula is C9H10ClNO3. The Bertz CT molecular complexity index is 341. The number of carbonyl (C=O) groups is 1. The standard InChI is InChI=1S/C9H10ClNO3/c1-3-14-9(12)6-4-11-5-7(13-2)8(6)10/h4-5H,3H2,1-2H3. The Kier molecular flexibility index (Phi) is 3.71. The summed E-state index contributed by atoms with van der Waals surface area (Å²) in [4.78, 5) is 15.1. The summed E-state index contributed by atoms with van der Waals surface area (Å²) in [6, 6.07) is 0. The Hall–Kier alpha value is -1.29. The van der Waals surface area contributed by atoms with Gasteiger partial charge in [-0.3, -0.25) is 4.98 Å². The highest BCUT2D eigenvalue weighted by Crippen LogP contribution is 2.26. The lowest BCUT2D eigenvalue weighted by molar-refractivity contribution is 0.0525. The number of halogens is 1. The largest absolute Gasteiger partial charge is 0.494 e. The second-order valence-electron chi connectivity index (χ2n) is 2.42. The summed E-state index contributed by atoms with van der Waals surface area (Å²) in [6.45, 7) is 2.02. The van der Waals surface area contributed by atoms with Gasteiger partial charge in [-0.2, -0.15) is 0 Å². The van der Waals surface area contributed by atoms with E-state index in [9.17, 15) is 4.79 Å². The van der Waals surface area contributed by atoms with Gasteiger partial charge in [0.05, 0.1) is 19.9 Å². The molecule has 4 nitrogen and oxygen atoms in total. The maximum absolute atomic E-state index is 11.3. The van der Waals surface area contributed by atoms with E-state index in [2.05, 4.69) is 4.98 Å². The normalized spacial score (nSPS) is 9.64. The molecule has 0 unspecified atom stereocenters. The second kappa shape index (κ2) is 4.81. The van der Waals surface area contributed by atoms with E-state index in [-0.39, 0.29) is 10.6 Å². The Labute approximate surface area is 86.8 Å². The van der Waals surface area contributed by atoms with Gasteiger partial charge >= 0.3 is 5.97 Å². The summed E-state index contributed by atoms with van der Waals surface area (Å²) >= 11 is 5.87. The van der Waals surface area contributed by atoms with Crippen molar-refractivity contribution in [1.82, 2.24) is 4.98 Å². The third-order valence-corrected chi connectivity index (χ3v) is 1.95. The van der Waals surface area contributed by atoms with Crippen LogP contribution in [0.3, 0.4) is 0 Å². The number of aromatic nitrogens is 1. The lowest BCUT2D eigenvalue weighted by Gasteiger charge is -2.06. The molecule has 0 atom stereocenters. The van der Waals surface area contributed by atoms with Crippen molar-refractivity contribution in [2.75, 3.05) is 13.7 Å². The van der Waals surface area contributed by atoms with Crippen molar-refractivity contribution >= 4 is 17.6 Å². The fourth-order valence-electron chi connectivity index (χ4n) is 0.919. The summed E-state index contributed by atoms with van der Waals surface area (Å²) < 4.78 is 9.70. The van der Waals surface area contributed by atoms with Crippen molar-refractivity contribution in [3.05, 3.63) is 23.0 Å². The van der Waals surface area contributed by atoms with Crippen LogP contribution in [0.2, 0.25) is 5.02 Å². The predicted octanol–water partition coefficient (Wildman–Crippen LogP) is 1.92. The lowest BCUT2D eigenvalue weighted by atomic mass is 10.3. The Morgan fingerprint density at radius 2 is 2.29 bits per heavy atom. The monoisotopic (exact) mass is 215 g/mol. The average Bonchev–Trinajstić information content (AvgIpc) is 2.18. The molecule has 0 aliphatic heterocycles. The van der Waals surface area contributed by atoms with Crippen molar-refractivity contribution in [2.24, 2.45) is 0 Å². The molecule has 1 rings (SSSR count). The fraction of sp³-hybridized carbons (Fsp3) is 0.333. The van der Waals surface area contributed by atoms with Crippen LogP contribution in [0, 0.1) is 0 Å². The van der Waals surface area contributed by atoms with E-state index in [4.69, 9.17) is 21.1 Å². The summed E-state index contributed by atoms with van der Waals surface area (Å²) in [5, 5.41) is 0.223. The quantitative estimate of drug-likeness (QED) is 0.723. The van der Waals surface area contributed by atoms with Crippen LogP contribution in [0.1, 0.15) is 17.3 Å². The van der Waals surface area contributed by atoms with E-state index in [1.54, 1.807) is 6.92 Å². The first kappa shape index (κ1) is 10.8. The van der Waals surface area contributed by atoms with Gasteiger partial charge in [-0.05, 0) is 6.92 Å². The van der Waals surface area contributed by atoms with Gasteiger partial charge in [-0.1, -0.05) is 11.6 Å². The number of rotatable bonds is 3. The number of nitrogens with zero attached hydrogens (tertiary/aromatic N) is 1. The molecule has 1 aromatic rings. The minimum Gasteiger partial charge on any atom is -0.494 e. The summed E-state index contributed by atoms with van der Waals surface area (Å²) in [5.41, 5.74) is 0.216. The zero-order chi connectivity index (χ0) is 10.6. The molecule has 0 bridgehead atoms. The van der Waals surface area contributed by atoms with Crippen molar-refractivity contribution in [1.29, 1.82) is 0 Å². The molecule has 14 heavy (non-hydrogen) atoms. The molecule has 1 heterocycles. The zero-order valence-electron chi connectivity index (χ0n) is 7.91. The van der Waals surface area contributed by atoms with Gasteiger partial charge in [0.2, 0.25) is 0 Å². The average molecular weight is 216 g/mol. The molecule has 0 spiro atoms. The summed E-state index contributed by atoms with van der Waals surface area (Å²) in [5.74, 6) is -0.138. The first-order valence-corrected chi connectivity index (χ1v) is 4.43. The van der Waals surface area contributed by atoms with E-state index >= 15 is 0 Å². The third kappa shape index (κ3) is 2.14. The highest BCUT2D eigenvalue weighted by atomic mass is 35.5. The highest BCUT2D eigenvalue weighted by molar-refractivity contribution is 6.34.